The van der Waals surface area contributed by atoms with Crippen molar-refractivity contribution in [3.63, 3.8) is 0 Å². The van der Waals surface area contributed by atoms with E-state index < -0.39 is 16.7 Å². The van der Waals surface area contributed by atoms with E-state index in [1.54, 1.807) is 12.1 Å². The van der Waals surface area contributed by atoms with Crippen LogP contribution < -0.4 is 10.6 Å². The molecule has 0 saturated heterocycles. The van der Waals surface area contributed by atoms with Crippen LogP contribution in [-0.4, -0.2) is 23.3 Å². The third-order valence-corrected chi connectivity index (χ3v) is 4.06. The minimum absolute atomic E-state index is 0.122. The van der Waals surface area contributed by atoms with Gasteiger partial charge in [0.05, 0.1) is 11.5 Å². The number of nitro groups is 1. The number of benzene rings is 2. The number of anilines is 1. The SMILES string of the molecule is Cc1cc(NC(=O)CNC(=O)c2cccc([N+](=O)[O-])c2)ccc1Br. The fourth-order valence-electron chi connectivity index (χ4n) is 1.95. The molecular formula is C16H14BrN3O4. The summed E-state index contributed by atoms with van der Waals surface area (Å²) in [6.45, 7) is 1.65. The Labute approximate surface area is 146 Å². The van der Waals surface area contributed by atoms with Crippen LogP contribution in [0, 0.1) is 17.0 Å². The number of non-ortho nitro benzene ring substituents is 1. The van der Waals surface area contributed by atoms with Crippen LogP contribution in [0.25, 0.3) is 0 Å². The monoisotopic (exact) mass is 391 g/mol. The van der Waals surface area contributed by atoms with Crippen LogP contribution in [0.4, 0.5) is 11.4 Å². The number of amides is 2. The van der Waals surface area contributed by atoms with Gasteiger partial charge in [0.1, 0.15) is 0 Å². The summed E-state index contributed by atoms with van der Waals surface area (Å²) in [7, 11) is 0. The lowest BCUT2D eigenvalue weighted by Gasteiger charge is -2.08. The average Bonchev–Trinajstić information content (AvgIpc) is 2.56. The molecule has 2 rings (SSSR count). The van der Waals surface area contributed by atoms with Gasteiger partial charge in [0, 0.05) is 27.9 Å². The van der Waals surface area contributed by atoms with Crippen LogP contribution in [0.15, 0.2) is 46.9 Å². The molecule has 0 heterocycles. The minimum atomic E-state index is -0.584. The molecule has 0 aliphatic heterocycles. The van der Waals surface area contributed by atoms with Crippen LogP contribution >= 0.6 is 15.9 Å². The number of nitrogens with zero attached hydrogens (tertiary/aromatic N) is 1. The first kappa shape index (κ1) is 17.6. The number of halogens is 1. The maximum atomic E-state index is 12.0. The fourth-order valence-corrected chi connectivity index (χ4v) is 2.20. The van der Waals surface area contributed by atoms with E-state index in [1.165, 1.54) is 18.2 Å². The van der Waals surface area contributed by atoms with E-state index in [2.05, 4.69) is 26.6 Å². The number of hydrogen-bond acceptors (Lipinski definition) is 4. The van der Waals surface area contributed by atoms with E-state index in [0.29, 0.717) is 5.69 Å². The smallest absolute Gasteiger partial charge is 0.270 e. The van der Waals surface area contributed by atoms with E-state index in [9.17, 15) is 19.7 Å². The first-order valence-electron chi connectivity index (χ1n) is 6.95. The Kier molecular flexibility index (Phi) is 5.64. The van der Waals surface area contributed by atoms with E-state index in [0.717, 1.165) is 16.1 Å². The minimum Gasteiger partial charge on any atom is -0.343 e. The molecule has 7 nitrogen and oxygen atoms in total. The molecule has 8 heteroatoms. The van der Waals surface area contributed by atoms with E-state index >= 15 is 0 Å². The number of carbonyl (C=O) groups is 2. The molecule has 2 aromatic carbocycles. The number of carbonyl (C=O) groups excluding carboxylic acids is 2. The fraction of sp³-hybridized carbons (Fsp3) is 0.125. The number of hydrogen-bond donors (Lipinski definition) is 2. The summed E-state index contributed by atoms with van der Waals surface area (Å²) in [5.41, 5.74) is 1.52. The van der Waals surface area contributed by atoms with Crippen LogP contribution in [0.5, 0.6) is 0 Å². The zero-order valence-electron chi connectivity index (χ0n) is 12.7. The summed E-state index contributed by atoms with van der Waals surface area (Å²) in [5.74, 6) is -0.948. The van der Waals surface area contributed by atoms with Crippen LogP contribution in [0.2, 0.25) is 0 Å². The molecule has 0 aliphatic rings. The highest BCUT2D eigenvalue weighted by molar-refractivity contribution is 9.10. The van der Waals surface area contributed by atoms with Gasteiger partial charge in [0.2, 0.25) is 5.91 Å². The largest absolute Gasteiger partial charge is 0.343 e. The van der Waals surface area contributed by atoms with Crippen molar-refractivity contribution in [1.82, 2.24) is 5.32 Å². The average molecular weight is 392 g/mol. The summed E-state index contributed by atoms with van der Waals surface area (Å²) in [6, 6.07) is 10.6. The Bertz CT molecular complexity index is 808. The van der Waals surface area contributed by atoms with Gasteiger partial charge >= 0.3 is 0 Å². The van der Waals surface area contributed by atoms with Crippen LogP contribution in [0.3, 0.4) is 0 Å². The van der Waals surface area contributed by atoms with Crippen molar-refractivity contribution in [2.24, 2.45) is 0 Å². The molecule has 0 spiro atoms. The lowest BCUT2D eigenvalue weighted by Crippen LogP contribution is -2.32. The van der Waals surface area contributed by atoms with Crippen LogP contribution in [-0.2, 0) is 4.79 Å². The molecule has 124 valence electrons. The van der Waals surface area contributed by atoms with Crippen molar-refractivity contribution < 1.29 is 14.5 Å². The molecule has 0 aliphatic carbocycles. The lowest BCUT2D eigenvalue weighted by atomic mass is 10.2. The molecule has 2 N–H and O–H groups in total. The van der Waals surface area contributed by atoms with Crippen LogP contribution in [0.1, 0.15) is 15.9 Å². The third-order valence-electron chi connectivity index (χ3n) is 3.17. The lowest BCUT2D eigenvalue weighted by molar-refractivity contribution is -0.384. The highest BCUT2D eigenvalue weighted by Crippen LogP contribution is 2.19. The van der Waals surface area contributed by atoms with Gasteiger partial charge < -0.3 is 10.6 Å². The van der Waals surface area contributed by atoms with Gasteiger partial charge in [-0.2, -0.15) is 0 Å². The second-order valence-electron chi connectivity index (χ2n) is 5.00. The van der Waals surface area contributed by atoms with Gasteiger partial charge in [-0.25, -0.2) is 0 Å². The summed E-state index contributed by atoms with van der Waals surface area (Å²) in [5, 5.41) is 15.8. The molecule has 0 bridgehead atoms. The summed E-state index contributed by atoms with van der Waals surface area (Å²) in [4.78, 5) is 33.9. The molecule has 2 amide bonds. The van der Waals surface area contributed by atoms with E-state index in [4.69, 9.17) is 0 Å². The van der Waals surface area contributed by atoms with Crippen molar-refractivity contribution in [3.05, 3.63) is 68.2 Å². The van der Waals surface area contributed by atoms with E-state index in [1.807, 2.05) is 13.0 Å². The highest BCUT2D eigenvalue weighted by Gasteiger charge is 2.12. The third kappa shape index (κ3) is 4.63. The van der Waals surface area contributed by atoms with Gasteiger partial charge in [0.15, 0.2) is 0 Å². The zero-order valence-corrected chi connectivity index (χ0v) is 14.3. The van der Waals surface area contributed by atoms with Gasteiger partial charge in [-0.1, -0.05) is 22.0 Å². The summed E-state index contributed by atoms with van der Waals surface area (Å²) < 4.78 is 0.930. The van der Waals surface area contributed by atoms with Crippen molar-refractivity contribution in [3.8, 4) is 0 Å². The molecule has 0 radical (unpaired) electrons. The molecule has 0 saturated carbocycles. The van der Waals surface area contributed by atoms with Crippen molar-refractivity contribution in [2.45, 2.75) is 6.92 Å². The van der Waals surface area contributed by atoms with Gasteiger partial charge in [0.25, 0.3) is 11.6 Å². The number of aryl methyl sites for hydroxylation is 1. The van der Waals surface area contributed by atoms with Gasteiger partial charge in [-0.15, -0.1) is 0 Å². The van der Waals surface area contributed by atoms with E-state index in [-0.39, 0.29) is 17.8 Å². The molecule has 0 unspecified atom stereocenters. The number of nitrogens with one attached hydrogen (secondary N) is 2. The quantitative estimate of drug-likeness (QED) is 0.603. The topological polar surface area (TPSA) is 101 Å². The molecule has 0 atom stereocenters. The molecule has 2 aromatic rings. The normalized spacial score (nSPS) is 10.1. The van der Waals surface area contributed by atoms with Crippen molar-refractivity contribution in [2.75, 3.05) is 11.9 Å². The Hall–Kier alpha value is -2.74. The summed E-state index contributed by atoms with van der Waals surface area (Å²) in [6.07, 6.45) is 0. The highest BCUT2D eigenvalue weighted by atomic mass is 79.9. The number of nitro benzene ring substituents is 1. The Morgan fingerprint density at radius 1 is 1.21 bits per heavy atom. The Morgan fingerprint density at radius 3 is 2.62 bits per heavy atom. The maximum absolute atomic E-state index is 12.0. The summed E-state index contributed by atoms with van der Waals surface area (Å²) >= 11 is 3.37. The molecule has 24 heavy (non-hydrogen) atoms. The molecule has 0 fully saturated rings. The number of rotatable bonds is 5. The second-order valence-corrected chi connectivity index (χ2v) is 5.86. The first-order valence-corrected chi connectivity index (χ1v) is 7.75. The molecular weight excluding hydrogens is 378 g/mol. The Balaban J connectivity index is 1.93. The standard InChI is InChI=1S/C16H14BrN3O4/c1-10-7-12(5-6-14(10)17)19-15(21)9-18-16(22)11-3-2-4-13(8-11)20(23)24/h2-8H,9H2,1H3,(H,18,22)(H,19,21). The zero-order chi connectivity index (χ0) is 17.7. The van der Waals surface area contributed by atoms with Gasteiger partial charge in [-0.05, 0) is 36.8 Å². The van der Waals surface area contributed by atoms with Crippen molar-refractivity contribution in [1.29, 1.82) is 0 Å². The van der Waals surface area contributed by atoms with Gasteiger partial charge in [-0.3, -0.25) is 19.7 Å². The molecule has 0 aromatic heterocycles. The maximum Gasteiger partial charge on any atom is 0.270 e. The predicted octanol–water partition coefficient (Wildman–Crippen LogP) is 3.03. The second kappa shape index (κ2) is 7.69. The predicted molar refractivity (Wildman–Crippen MR) is 92.9 cm³/mol. The Morgan fingerprint density at radius 2 is 1.96 bits per heavy atom. The van der Waals surface area contributed by atoms with Crippen molar-refractivity contribution >= 4 is 39.1 Å². The first-order chi connectivity index (χ1) is 11.4.